The summed E-state index contributed by atoms with van der Waals surface area (Å²) < 4.78 is 75.4. The van der Waals surface area contributed by atoms with Crippen LogP contribution in [0.15, 0.2) is 12.7 Å². The Labute approximate surface area is 85.3 Å². The third kappa shape index (κ3) is 2.87. The number of alkyl halides is 6. The van der Waals surface area contributed by atoms with Gasteiger partial charge in [0.1, 0.15) is 6.61 Å². The molecule has 0 rings (SSSR count). The van der Waals surface area contributed by atoms with Gasteiger partial charge in [0.2, 0.25) is 0 Å². The van der Waals surface area contributed by atoms with Crippen molar-refractivity contribution in [3.63, 3.8) is 0 Å². The number of rotatable bonds is 3. The van der Waals surface area contributed by atoms with E-state index in [2.05, 4.69) is 11.3 Å². The third-order valence-corrected chi connectivity index (χ3v) is 1.53. The lowest BCUT2D eigenvalue weighted by Gasteiger charge is -2.31. The molecule has 0 saturated heterocycles. The van der Waals surface area contributed by atoms with Gasteiger partial charge >= 0.3 is 18.3 Å². The van der Waals surface area contributed by atoms with Crippen LogP contribution in [0.1, 0.15) is 0 Å². The quantitative estimate of drug-likeness (QED) is 0.471. The van der Waals surface area contributed by atoms with E-state index in [9.17, 15) is 31.1 Å². The summed E-state index contributed by atoms with van der Waals surface area (Å²) in [6, 6.07) is 0. The Morgan fingerprint density at radius 2 is 1.56 bits per heavy atom. The van der Waals surface area contributed by atoms with Crippen molar-refractivity contribution in [3.05, 3.63) is 12.7 Å². The molecular weight excluding hydrogens is 246 g/mol. The van der Waals surface area contributed by atoms with E-state index in [4.69, 9.17) is 5.11 Å². The van der Waals surface area contributed by atoms with E-state index in [1.165, 1.54) is 0 Å². The van der Waals surface area contributed by atoms with Crippen LogP contribution >= 0.6 is 0 Å². The van der Waals surface area contributed by atoms with Gasteiger partial charge in [-0.05, 0) is 0 Å². The van der Waals surface area contributed by atoms with E-state index in [1.807, 2.05) is 0 Å². The summed E-state index contributed by atoms with van der Waals surface area (Å²) in [6.07, 6.45) is -11.6. The van der Waals surface area contributed by atoms with Crippen molar-refractivity contribution >= 4 is 5.97 Å². The Bertz CT molecular complexity index is 265. The van der Waals surface area contributed by atoms with Gasteiger partial charge in [-0.25, -0.2) is 4.79 Å². The highest BCUT2D eigenvalue weighted by molar-refractivity contribution is 5.81. The molecule has 0 aliphatic heterocycles. The lowest BCUT2D eigenvalue weighted by molar-refractivity contribution is -0.375. The van der Waals surface area contributed by atoms with Gasteiger partial charge in [0, 0.05) is 6.08 Å². The second-order valence-corrected chi connectivity index (χ2v) is 2.67. The van der Waals surface area contributed by atoms with Crippen molar-refractivity contribution in [1.82, 2.24) is 0 Å². The van der Waals surface area contributed by atoms with E-state index in [0.717, 1.165) is 0 Å². The Hall–Kier alpha value is -1.25. The molecule has 0 radical (unpaired) electrons. The lowest BCUT2D eigenvalue weighted by Crippen LogP contribution is -2.60. The number of esters is 1. The van der Waals surface area contributed by atoms with Crippen molar-refractivity contribution in [3.8, 4) is 0 Å². The van der Waals surface area contributed by atoms with Crippen LogP contribution in [0, 0.1) is 0 Å². The summed E-state index contributed by atoms with van der Waals surface area (Å²) in [5.41, 5.74) is -5.08. The SMILES string of the molecule is C=CC(=O)OCC(O)(C(F)(F)F)C(F)(F)F. The van der Waals surface area contributed by atoms with Gasteiger partial charge in [-0.2, -0.15) is 26.3 Å². The highest BCUT2D eigenvalue weighted by Crippen LogP contribution is 2.43. The predicted octanol–water partition coefficient (Wildman–Crippen LogP) is 1.57. The number of hydrogen-bond acceptors (Lipinski definition) is 3. The van der Waals surface area contributed by atoms with E-state index in [1.54, 1.807) is 0 Å². The number of hydrogen-bond donors (Lipinski definition) is 1. The molecule has 3 nitrogen and oxygen atoms in total. The van der Waals surface area contributed by atoms with Gasteiger partial charge in [-0.1, -0.05) is 6.58 Å². The summed E-state index contributed by atoms with van der Waals surface area (Å²) in [7, 11) is 0. The van der Waals surface area contributed by atoms with Gasteiger partial charge in [0.25, 0.3) is 5.60 Å². The first-order valence-corrected chi connectivity index (χ1v) is 3.60. The number of carbonyl (C=O) groups is 1. The molecule has 0 atom stereocenters. The summed E-state index contributed by atoms with van der Waals surface area (Å²) in [4.78, 5) is 10.3. The maximum Gasteiger partial charge on any atom is 0.429 e. The molecule has 0 aromatic rings. The zero-order valence-electron chi connectivity index (χ0n) is 7.52. The number of aliphatic hydroxyl groups is 1. The Morgan fingerprint density at radius 3 is 1.81 bits per heavy atom. The molecule has 0 unspecified atom stereocenters. The highest BCUT2D eigenvalue weighted by Gasteiger charge is 2.71. The Morgan fingerprint density at radius 1 is 1.19 bits per heavy atom. The summed E-state index contributed by atoms with van der Waals surface area (Å²) >= 11 is 0. The van der Waals surface area contributed by atoms with E-state index < -0.39 is 30.5 Å². The van der Waals surface area contributed by atoms with Crippen LogP contribution in [0.4, 0.5) is 26.3 Å². The highest BCUT2D eigenvalue weighted by atomic mass is 19.4. The fourth-order valence-electron chi connectivity index (χ4n) is 0.559. The van der Waals surface area contributed by atoms with Gasteiger partial charge < -0.3 is 9.84 Å². The van der Waals surface area contributed by atoms with Crippen molar-refractivity contribution in [1.29, 1.82) is 0 Å². The normalized spacial score (nSPS) is 13.4. The smallest absolute Gasteiger partial charge is 0.429 e. The zero-order chi connectivity index (χ0) is 13.2. The summed E-state index contributed by atoms with van der Waals surface area (Å²) in [5, 5.41) is 8.47. The molecule has 0 spiro atoms. The first kappa shape index (κ1) is 14.8. The molecular formula is C7H6F6O3. The molecule has 94 valence electrons. The predicted molar refractivity (Wildman–Crippen MR) is 38.2 cm³/mol. The minimum absolute atomic E-state index is 0.368. The molecule has 16 heavy (non-hydrogen) atoms. The summed E-state index contributed by atoms with van der Waals surface area (Å²) in [6.45, 7) is 0.494. The molecule has 0 amide bonds. The van der Waals surface area contributed by atoms with Crippen LogP contribution in [-0.4, -0.2) is 35.6 Å². The van der Waals surface area contributed by atoms with Gasteiger partial charge in [-0.15, -0.1) is 0 Å². The van der Waals surface area contributed by atoms with Crippen molar-refractivity contribution in [2.75, 3.05) is 6.61 Å². The molecule has 0 fully saturated rings. The fourth-order valence-corrected chi connectivity index (χ4v) is 0.559. The minimum atomic E-state index is -6.01. The van der Waals surface area contributed by atoms with Gasteiger partial charge in [-0.3, -0.25) is 0 Å². The maximum absolute atomic E-state index is 12.0. The monoisotopic (exact) mass is 252 g/mol. The average Bonchev–Trinajstić information content (AvgIpc) is 2.09. The molecule has 0 heterocycles. The van der Waals surface area contributed by atoms with Crippen LogP contribution in [0.3, 0.4) is 0 Å². The van der Waals surface area contributed by atoms with Crippen LogP contribution < -0.4 is 0 Å². The maximum atomic E-state index is 12.0. The van der Waals surface area contributed by atoms with Crippen molar-refractivity contribution in [2.24, 2.45) is 0 Å². The molecule has 0 aromatic heterocycles. The third-order valence-electron chi connectivity index (χ3n) is 1.53. The molecule has 9 heteroatoms. The standard InChI is InChI=1S/C7H6F6O3/c1-2-4(14)16-3-5(15,6(8,9)10)7(11,12)13/h2,15H,1,3H2. The first-order valence-electron chi connectivity index (χ1n) is 3.60. The first-order chi connectivity index (χ1) is 6.95. The number of carbonyl (C=O) groups excluding carboxylic acids is 1. The van der Waals surface area contributed by atoms with Crippen LogP contribution in [0.2, 0.25) is 0 Å². The Kier molecular flexibility index (Phi) is 3.98. The lowest BCUT2D eigenvalue weighted by atomic mass is 10.0. The second-order valence-electron chi connectivity index (χ2n) is 2.67. The van der Waals surface area contributed by atoms with Crippen molar-refractivity contribution in [2.45, 2.75) is 18.0 Å². The number of halogens is 6. The largest absolute Gasteiger partial charge is 0.459 e. The average molecular weight is 252 g/mol. The van der Waals surface area contributed by atoms with Crippen LogP contribution in [0.5, 0.6) is 0 Å². The topological polar surface area (TPSA) is 46.5 Å². The second kappa shape index (κ2) is 4.32. The molecule has 0 bridgehead atoms. The number of ether oxygens (including phenoxy) is 1. The van der Waals surface area contributed by atoms with E-state index >= 15 is 0 Å². The van der Waals surface area contributed by atoms with Gasteiger partial charge in [0.05, 0.1) is 0 Å². The molecule has 1 N–H and O–H groups in total. The zero-order valence-corrected chi connectivity index (χ0v) is 7.52. The molecule has 0 saturated carbocycles. The molecule has 0 aliphatic carbocycles. The molecule has 0 aliphatic rings. The van der Waals surface area contributed by atoms with E-state index in [-0.39, 0.29) is 0 Å². The summed E-state index contributed by atoms with van der Waals surface area (Å²) in [5.74, 6) is -1.51. The minimum Gasteiger partial charge on any atom is -0.459 e. The fraction of sp³-hybridized carbons (Fsp3) is 0.571. The molecule has 0 aromatic carbocycles. The Balaban J connectivity index is 4.98. The van der Waals surface area contributed by atoms with Crippen molar-refractivity contribution < 1.29 is 41.0 Å². The van der Waals surface area contributed by atoms with Gasteiger partial charge in [0.15, 0.2) is 0 Å². The van der Waals surface area contributed by atoms with Crippen LogP contribution in [0.25, 0.3) is 0 Å². The van der Waals surface area contributed by atoms with Crippen LogP contribution in [-0.2, 0) is 9.53 Å². The van der Waals surface area contributed by atoms with E-state index in [0.29, 0.717) is 6.08 Å².